The molecule has 0 heterocycles. The van der Waals surface area contributed by atoms with E-state index in [1.54, 1.807) is 0 Å². The second-order valence-corrected chi connectivity index (χ2v) is 5.43. The topological polar surface area (TPSA) is 9.23 Å². The summed E-state index contributed by atoms with van der Waals surface area (Å²) in [5.41, 5.74) is 1.43. The molecular weight excluding hydrogens is 203 g/mol. The largest absolute Gasteiger partial charge is 1.00 e. The Balaban J connectivity index is 0.00000256. The third kappa shape index (κ3) is 9.71. The number of allylic oxidation sites excluding steroid dienone is 4. The molecule has 0 amide bonds. The minimum absolute atomic E-state index is 0. The predicted octanol–water partition coefficient (Wildman–Crippen LogP) is 1.45. The molecule has 0 bridgehead atoms. The Morgan fingerprint density at radius 3 is 2.47 bits per heavy atom. The number of unbranched alkanes of at least 4 members (excludes halogenated alkanes) is 3. The van der Waals surface area contributed by atoms with Crippen molar-refractivity contribution >= 4 is 0 Å². The van der Waals surface area contributed by atoms with E-state index in [2.05, 4.69) is 39.0 Å². The van der Waals surface area contributed by atoms with Crippen molar-refractivity contribution in [1.29, 1.82) is 0 Å². The van der Waals surface area contributed by atoms with Crippen molar-refractivity contribution in [2.45, 2.75) is 64.9 Å². The minimum atomic E-state index is 0. The summed E-state index contributed by atoms with van der Waals surface area (Å²) in [6.07, 6.45) is 15.1. The van der Waals surface area contributed by atoms with Crippen LogP contribution >= 0.6 is 0 Å². The van der Waals surface area contributed by atoms with Gasteiger partial charge in [0.2, 0.25) is 0 Å². The van der Waals surface area contributed by atoms with E-state index in [1.807, 2.05) is 0 Å². The summed E-state index contributed by atoms with van der Waals surface area (Å²) in [6, 6.07) is 0. The van der Waals surface area contributed by atoms with Crippen molar-refractivity contribution in [2.75, 3.05) is 6.61 Å². The van der Waals surface area contributed by atoms with Gasteiger partial charge in [-0.3, -0.25) is 6.08 Å². The average Bonchev–Trinajstić information content (AvgIpc) is 2.67. The molecule has 1 aliphatic carbocycles. The first-order valence-corrected chi connectivity index (χ1v) is 6.48. The monoisotopic (exact) mass is 228 g/mol. The van der Waals surface area contributed by atoms with E-state index in [0.29, 0.717) is 0 Å². The van der Waals surface area contributed by atoms with Crippen LogP contribution < -0.4 is 18.9 Å². The maximum atomic E-state index is 5.68. The van der Waals surface area contributed by atoms with Crippen molar-refractivity contribution in [1.82, 2.24) is 0 Å². The molecule has 1 nitrogen and oxygen atoms in total. The maximum absolute atomic E-state index is 5.68. The fourth-order valence-corrected chi connectivity index (χ4v) is 1.77. The van der Waals surface area contributed by atoms with Crippen LogP contribution in [0.2, 0.25) is 0 Å². The Hall–Kier alpha value is 0.0374. The van der Waals surface area contributed by atoms with E-state index in [0.717, 1.165) is 13.0 Å². The van der Waals surface area contributed by atoms with Crippen LogP contribution in [0.1, 0.15) is 59.3 Å². The zero-order chi connectivity index (χ0) is 11.9. The average molecular weight is 228 g/mol. The van der Waals surface area contributed by atoms with Gasteiger partial charge in [-0.2, -0.15) is 6.08 Å². The van der Waals surface area contributed by atoms with Gasteiger partial charge >= 0.3 is 18.9 Å². The van der Waals surface area contributed by atoms with E-state index >= 15 is 0 Å². The normalized spacial score (nSPS) is 14.6. The van der Waals surface area contributed by atoms with Gasteiger partial charge in [-0.1, -0.05) is 25.7 Å². The van der Waals surface area contributed by atoms with Crippen LogP contribution in [0.15, 0.2) is 17.7 Å². The summed E-state index contributed by atoms with van der Waals surface area (Å²) < 4.78 is 5.68. The molecule has 0 unspecified atom stereocenters. The summed E-state index contributed by atoms with van der Waals surface area (Å²) in [6.45, 7) is 7.24. The Kier molecular flexibility index (Phi) is 9.05. The molecule has 2 heteroatoms. The van der Waals surface area contributed by atoms with Crippen LogP contribution in [0.4, 0.5) is 0 Å². The predicted molar refractivity (Wildman–Crippen MR) is 69.3 cm³/mol. The van der Waals surface area contributed by atoms with Crippen LogP contribution in [0.25, 0.3) is 0 Å². The SMILES string of the molecule is CC(C)(C)OCCCCCCC1=[C-]CC=C1.[Li+]. The molecule has 0 aliphatic heterocycles. The number of hydrogen-bond donors (Lipinski definition) is 0. The quantitative estimate of drug-likeness (QED) is 0.364. The minimum Gasteiger partial charge on any atom is -0.376 e. The van der Waals surface area contributed by atoms with Gasteiger partial charge in [-0.05, 0) is 27.2 Å². The smallest absolute Gasteiger partial charge is 0.376 e. The molecule has 1 rings (SSSR count). The van der Waals surface area contributed by atoms with E-state index < -0.39 is 0 Å². The number of hydrogen-bond acceptors (Lipinski definition) is 1. The first-order chi connectivity index (χ1) is 7.58. The zero-order valence-corrected chi connectivity index (χ0v) is 12.0. The molecule has 17 heavy (non-hydrogen) atoms. The van der Waals surface area contributed by atoms with Crippen molar-refractivity contribution in [2.24, 2.45) is 0 Å². The Morgan fingerprint density at radius 2 is 1.88 bits per heavy atom. The van der Waals surface area contributed by atoms with Gasteiger partial charge in [0.1, 0.15) is 0 Å². The summed E-state index contributed by atoms with van der Waals surface area (Å²) in [7, 11) is 0. The molecule has 1 aliphatic rings. The summed E-state index contributed by atoms with van der Waals surface area (Å²) >= 11 is 0. The first kappa shape index (κ1) is 17.0. The molecule has 0 fully saturated rings. The zero-order valence-electron chi connectivity index (χ0n) is 12.0. The van der Waals surface area contributed by atoms with E-state index in [9.17, 15) is 0 Å². The van der Waals surface area contributed by atoms with Crippen molar-refractivity contribution in [3.63, 3.8) is 0 Å². The first-order valence-electron chi connectivity index (χ1n) is 6.48. The van der Waals surface area contributed by atoms with Crippen molar-refractivity contribution in [3.05, 3.63) is 23.8 Å². The van der Waals surface area contributed by atoms with Crippen LogP contribution in [0.5, 0.6) is 0 Å². The maximum Gasteiger partial charge on any atom is 1.00 e. The van der Waals surface area contributed by atoms with Crippen LogP contribution in [-0.4, -0.2) is 12.2 Å². The van der Waals surface area contributed by atoms with Crippen LogP contribution in [0.3, 0.4) is 0 Å². The third-order valence-electron chi connectivity index (χ3n) is 2.64. The standard InChI is InChI=1S/C15H25O.Li/c1-15(2,3)16-13-9-5-4-6-10-14-11-7-8-12-14;/h7,11H,4-6,8-10,13H2,1-3H3;/q-1;+1. The molecule has 0 radical (unpaired) electrons. The second kappa shape index (κ2) is 9.03. The van der Waals surface area contributed by atoms with Gasteiger partial charge in [0, 0.05) is 6.61 Å². The van der Waals surface area contributed by atoms with E-state index in [4.69, 9.17) is 4.74 Å². The van der Waals surface area contributed by atoms with Gasteiger partial charge < -0.3 is 4.74 Å². The van der Waals surface area contributed by atoms with Gasteiger partial charge in [0.15, 0.2) is 0 Å². The molecule has 0 saturated carbocycles. The summed E-state index contributed by atoms with van der Waals surface area (Å²) in [4.78, 5) is 0. The fourth-order valence-electron chi connectivity index (χ4n) is 1.77. The molecule has 92 valence electrons. The molecule has 0 aromatic carbocycles. The van der Waals surface area contributed by atoms with E-state index in [-0.39, 0.29) is 24.5 Å². The molecule has 0 aromatic heterocycles. The molecule has 0 spiro atoms. The van der Waals surface area contributed by atoms with Gasteiger partial charge in [0.25, 0.3) is 0 Å². The Labute approximate surface area is 119 Å². The van der Waals surface area contributed by atoms with Crippen LogP contribution in [-0.2, 0) is 4.74 Å². The molecule has 0 atom stereocenters. The molecule has 0 saturated heterocycles. The summed E-state index contributed by atoms with van der Waals surface area (Å²) in [5.74, 6) is 0. The van der Waals surface area contributed by atoms with Gasteiger partial charge in [-0.15, -0.1) is 6.42 Å². The van der Waals surface area contributed by atoms with Crippen molar-refractivity contribution < 1.29 is 23.6 Å². The fraction of sp³-hybridized carbons (Fsp3) is 0.733. The molecule has 0 N–H and O–H groups in total. The van der Waals surface area contributed by atoms with Crippen molar-refractivity contribution in [3.8, 4) is 0 Å². The van der Waals surface area contributed by atoms with Gasteiger partial charge in [-0.25, -0.2) is 11.6 Å². The van der Waals surface area contributed by atoms with E-state index in [1.165, 1.54) is 37.7 Å². The van der Waals surface area contributed by atoms with Gasteiger partial charge in [0.05, 0.1) is 5.60 Å². The molecule has 0 aromatic rings. The Morgan fingerprint density at radius 1 is 1.18 bits per heavy atom. The molecular formula is C15H25LiO. The second-order valence-electron chi connectivity index (χ2n) is 5.43. The number of rotatable bonds is 7. The third-order valence-corrected chi connectivity index (χ3v) is 2.64. The van der Waals surface area contributed by atoms with Crippen LogP contribution in [0, 0.1) is 6.08 Å². The number of ether oxygens (including phenoxy) is 1. The Bertz CT molecular complexity index is 248. The summed E-state index contributed by atoms with van der Waals surface area (Å²) in [5, 5.41) is 0.